The first-order valence-corrected chi connectivity index (χ1v) is 7.28. The number of aliphatic hydroxyl groups excluding tert-OH is 1. The highest BCUT2D eigenvalue weighted by atomic mass is 16.3. The minimum atomic E-state index is -0.331. The summed E-state index contributed by atoms with van der Waals surface area (Å²) in [4.78, 5) is 4.73. The van der Waals surface area contributed by atoms with Crippen molar-refractivity contribution in [3.8, 4) is 0 Å². The molecule has 2 rings (SSSR count). The van der Waals surface area contributed by atoms with Crippen LogP contribution in [0.1, 0.15) is 31.4 Å². The van der Waals surface area contributed by atoms with Gasteiger partial charge in [-0.2, -0.15) is 0 Å². The van der Waals surface area contributed by atoms with Crippen LogP contribution in [0.25, 0.3) is 0 Å². The minimum Gasteiger partial charge on any atom is -0.388 e. The van der Waals surface area contributed by atoms with E-state index in [1.165, 1.54) is 25.2 Å². The normalized spacial score (nSPS) is 21.6. The summed E-state index contributed by atoms with van der Waals surface area (Å²) in [6, 6.07) is 8.32. The van der Waals surface area contributed by atoms with Gasteiger partial charge in [-0.05, 0) is 50.0 Å². The zero-order chi connectivity index (χ0) is 13.8. The summed E-state index contributed by atoms with van der Waals surface area (Å²) in [5, 5.41) is 9.80. The first-order chi connectivity index (χ1) is 9.10. The fourth-order valence-corrected chi connectivity index (χ4v) is 2.85. The molecule has 1 aromatic rings. The zero-order valence-electron chi connectivity index (χ0n) is 12.3. The van der Waals surface area contributed by atoms with E-state index in [-0.39, 0.29) is 6.10 Å². The van der Waals surface area contributed by atoms with Gasteiger partial charge in [-0.3, -0.25) is 0 Å². The Hall–Kier alpha value is -1.06. The van der Waals surface area contributed by atoms with Crippen LogP contribution in [0.15, 0.2) is 24.3 Å². The quantitative estimate of drug-likeness (QED) is 0.883. The number of nitrogens with zero attached hydrogens (tertiary/aromatic N) is 2. The Balaban J connectivity index is 1.93. The fourth-order valence-electron chi connectivity index (χ4n) is 2.85. The minimum absolute atomic E-state index is 0.331. The van der Waals surface area contributed by atoms with Gasteiger partial charge >= 0.3 is 0 Å². The van der Waals surface area contributed by atoms with Crippen LogP contribution >= 0.6 is 0 Å². The first-order valence-electron chi connectivity index (χ1n) is 7.28. The Morgan fingerprint density at radius 1 is 1.37 bits per heavy atom. The molecule has 19 heavy (non-hydrogen) atoms. The third kappa shape index (κ3) is 3.71. The molecule has 0 aliphatic carbocycles. The third-order valence-corrected chi connectivity index (χ3v) is 4.13. The molecule has 1 saturated heterocycles. The molecule has 1 N–H and O–H groups in total. The molecule has 0 amide bonds. The van der Waals surface area contributed by atoms with Gasteiger partial charge in [0.25, 0.3) is 0 Å². The van der Waals surface area contributed by atoms with E-state index in [4.69, 9.17) is 0 Å². The monoisotopic (exact) mass is 262 g/mol. The molecule has 1 aliphatic heterocycles. The standard InChI is InChI=1S/C16H26N2O/c1-4-16(19)14-5-7-15(8-6-14)18(3)12-13-9-10-17(2)11-13/h5-8,13,16,19H,4,9-12H2,1-3H3/t13?,16-/m1/s1. The van der Waals surface area contributed by atoms with Crippen LogP contribution in [0.2, 0.25) is 0 Å². The highest BCUT2D eigenvalue weighted by molar-refractivity contribution is 5.47. The predicted molar refractivity (Wildman–Crippen MR) is 80.6 cm³/mol. The maximum Gasteiger partial charge on any atom is 0.0787 e. The van der Waals surface area contributed by atoms with E-state index in [1.54, 1.807) is 0 Å². The molecule has 0 aromatic heterocycles. The van der Waals surface area contributed by atoms with Crippen LogP contribution in [0.3, 0.4) is 0 Å². The Kier molecular flexibility index (Phi) is 4.83. The summed E-state index contributed by atoms with van der Waals surface area (Å²) in [6.07, 6.45) is 1.74. The van der Waals surface area contributed by atoms with E-state index in [1.807, 2.05) is 19.1 Å². The Bertz CT molecular complexity index is 390. The molecule has 0 spiro atoms. The molecule has 2 atom stereocenters. The predicted octanol–water partition coefficient (Wildman–Crippen LogP) is 2.52. The Morgan fingerprint density at radius 3 is 2.58 bits per heavy atom. The number of hydrogen-bond acceptors (Lipinski definition) is 3. The second-order valence-electron chi connectivity index (χ2n) is 5.81. The van der Waals surface area contributed by atoms with Crippen LogP contribution in [0.5, 0.6) is 0 Å². The van der Waals surface area contributed by atoms with Crippen molar-refractivity contribution in [3.63, 3.8) is 0 Å². The second-order valence-corrected chi connectivity index (χ2v) is 5.81. The molecule has 0 saturated carbocycles. The summed E-state index contributed by atoms with van der Waals surface area (Å²) in [6.45, 7) is 5.54. The van der Waals surface area contributed by atoms with Gasteiger partial charge < -0.3 is 14.9 Å². The smallest absolute Gasteiger partial charge is 0.0787 e. The van der Waals surface area contributed by atoms with E-state index < -0.39 is 0 Å². The van der Waals surface area contributed by atoms with Gasteiger partial charge in [0.15, 0.2) is 0 Å². The van der Waals surface area contributed by atoms with E-state index in [0.717, 1.165) is 24.4 Å². The van der Waals surface area contributed by atoms with Gasteiger partial charge in [-0.25, -0.2) is 0 Å². The van der Waals surface area contributed by atoms with Crippen molar-refractivity contribution in [1.82, 2.24) is 4.90 Å². The van der Waals surface area contributed by atoms with Crippen LogP contribution in [0, 0.1) is 5.92 Å². The van der Waals surface area contributed by atoms with Crippen LogP contribution < -0.4 is 4.90 Å². The molecular formula is C16H26N2O. The number of hydrogen-bond donors (Lipinski definition) is 1. The topological polar surface area (TPSA) is 26.7 Å². The van der Waals surface area contributed by atoms with Gasteiger partial charge in [0.05, 0.1) is 6.10 Å². The lowest BCUT2D eigenvalue weighted by atomic mass is 10.1. The summed E-state index contributed by atoms with van der Waals surface area (Å²) in [7, 11) is 4.35. The van der Waals surface area contributed by atoms with Crippen molar-refractivity contribution in [2.75, 3.05) is 38.6 Å². The average molecular weight is 262 g/mol. The lowest BCUT2D eigenvalue weighted by Gasteiger charge is -2.23. The maximum atomic E-state index is 9.80. The first kappa shape index (κ1) is 14.4. The molecule has 1 unspecified atom stereocenters. The molecule has 106 valence electrons. The molecule has 0 radical (unpaired) electrons. The van der Waals surface area contributed by atoms with Gasteiger partial charge in [-0.15, -0.1) is 0 Å². The fraction of sp³-hybridized carbons (Fsp3) is 0.625. The molecular weight excluding hydrogens is 236 g/mol. The zero-order valence-corrected chi connectivity index (χ0v) is 12.3. The van der Waals surface area contributed by atoms with Crippen molar-refractivity contribution >= 4 is 5.69 Å². The second kappa shape index (κ2) is 6.40. The van der Waals surface area contributed by atoms with Gasteiger partial charge in [0.1, 0.15) is 0 Å². The number of aliphatic hydroxyl groups is 1. The number of likely N-dealkylation sites (tertiary alicyclic amines) is 1. The lowest BCUT2D eigenvalue weighted by Crippen LogP contribution is -2.27. The van der Waals surface area contributed by atoms with Crippen molar-refractivity contribution < 1.29 is 5.11 Å². The highest BCUT2D eigenvalue weighted by Gasteiger charge is 2.20. The van der Waals surface area contributed by atoms with E-state index in [2.05, 4.69) is 36.0 Å². The summed E-state index contributed by atoms with van der Waals surface area (Å²) < 4.78 is 0. The summed E-state index contributed by atoms with van der Waals surface area (Å²) in [5.74, 6) is 0.774. The number of rotatable bonds is 5. The van der Waals surface area contributed by atoms with Crippen molar-refractivity contribution in [1.29, 1.82) is 0 Å². The van der Waals surface area contributed by atoms with E-state index in [9.17, 15) is 5.11 Å². The molecule has 1 aliphatic rings. The molecule has 3 heteroatoms. The van der Waals surface area contributed by atoms with Gasteiger partial charge in [0.2, 0.25) is 0 Å². The van der Waals surface area contributed by atoms with Crippen molar-refractivity contribution in [2.24, 2.45) is 5.92 Å². The van der Waals surface area contributed by atoms with Crippen LogP contribution in [0.4, 0.5) is 5.69 Å². The number of benzene rings is 1. The molecule has 3 nitrogen and oxygen atoms in total. The van der Waals surface area contributed by atoms with Crippen molar-refractivity contribution in [3.05, 3.63) is 29.8 Å². The summed E-state index contributed by atoms with van der Waals surface area (Å²) in [5.41, 5.74) is 2.25. The maximum absolute atomic E-state index is 9.80. The van der Waals surface area contributed by atoms with E-state index >= 15 is 0 Å². The largest absolute Gasteiger partial charge is 0.388 e. The van der Waals surface area contributed by atoms with Crippen LogP contribution in [-0.2, 0) is 0 Å². The Morgan fingerprint density at radius 2 is 2.05 bits per heavy atom. The summed E-state index contributed by atoms with van der Waals surface area (Å²) >= 11 is 0. The highest BCUT2D eigenvalue weighted by Crippen LogP contribution is 2.22. The van der Waals surface area contributed by atoms with E-state index in [0.29, 0.717) is 0 Å². The molecule has 1 fully saturated rings. The average Bonchev–Trinajstić information content (AvgIpc) is 2.83. The Labute approximate surface area is 116 Å². The van der Waals surface area contributed by atoms with Crippen molar-refractivity contribution in [2.45, 2.75) is 25.9 Å². The van der Waals surface area contributed by atoms with Gasteiger partial charge in [0, 0.05) is 25.8 Å². The lowest BCUT2D eigenvalue weighted by molar-refractivity contribution is 0.173. The third-order valence-electron chi connectivity index (χ3n) is 4.13. The molecule has 0 bridgehead atoms. The van der Waals surface area contributed by atoms with Gasteiger partial charge in [-0.1, -0.05) is 19.1 Å². The molecule has 1 heterocycles. The SMILES string of the molecule is CC[C@@H](O)c1ccc(N(C)CC2CCN(C)C2)cc1. The van der Waals surface area contributed by atoms with Crippen LogP contribution in [-0.4, -0.2) is 43.7 Å². The number of anilines is 1. The molecule has 1 aromatic carbocycles.